The standard InChI is InChI=1S/C23H25IN4/c1-15-6-9-20-19(14-15)23(26-22(25-20)17-7-8-17)28-12-10-16(11-13-28)18-4-2-3-5-21(18)27-24/h2-6,9,14,16-17,27H,7-8,10-13H2,1H3. The van der Waals surface area contributed by atoms with E-state index in [4.69, 9.17) is 9.97 Å². The largest absolute Gasteiger partial charge is 0.356 e. The summed E-state index contributed by atoms with van der Waals surface area (Å²) in [6, 6.07) is 15.3. The summed E-state index contributed by atoms with van der Waals surface area (Å²) in [7, 11) is 0. The number of benzene rings is 2. The fourth-order valence-electron chi connectivity index (χ4n) is 4.35. The number of nitrogens with zero attached hydrogens (tertiary/aromatic N) is 3. The van der Waals surface area contributed by atoms with Gasteiger partial charge in [-0.25, -0.2) is 9.97 Å². The molecule has 1 N–H and O–H groups in total. The first kappa shape index (κ1) is 18.2. The van der Waals surface area contributed by atoms with Gasteiger partial charge < -0.3 is 8.43 Å². The summed E-state index contributed by atoms with van der Waals surface area (Å²) in [4.78, 5) is 12.4. The molecule has 5 rings (SSSR count). The number of anilines is 2. The molecule has 4 nitrogen and oxygen atoms in total. The average Bonchev–Trinajstić information content (AvgIpc) is 3.58. The Morgan fingerprint density at radius 1 is 0.964 bits per heavy atom. The molecule has 1 aliphatic carbocycles. The van der Waals surface area contributed by atoms with Gasteiger partial charge in [-0.05, 0) is 62.3 Å². The van der Waals surface area contributed by atoms with Gasteiger partial charge in [0.05, 0.1) is 28.4 Å². The zero-order valence-electron chi connectivity index (χ0n) is 16.2. The van der Waals surface area contributed by atoms with Crippen LogP contribution in [0.4, 0.5) is 11.5 Å². The summed E-state index contributed by atoms with van der Waals surface area (Å²) < 4.78 is 3.33. The minimum Gasteiger partial charge on any atom is -0.356 e. The Morgan fingerprint density at radius 2 is 1.75 bits per heavy atom. The zero-order chi connectivity index (χ0) is 19.1. The molecule has 1 saturated carbocycles. The molecule has 0 bridgehead atoms. The second-order valence-corrected chi connectivity index (χ2v) is 8.68. The third-order valence-electron chi connectivity index (χ3n) is 6.09. The number of rotatable bonds is 4. The van der Waals surface area contributed by atoms with E-state index in [1.165, 1.54) is 35.0 Å². The van der Waals surface area contributed by atoms with Crippen LogP contribution in [0.1, 0.15) is 54.5 Å². The maximum absolute atomic E-state index is 5.06. The molecule has 28 heavy (non-hydrogen) atoms. The molecule has 2 fully saturated rings. The van der Waals surface area contributed by atoms with E-state index in [0.29, 0.717) is 11.8 Å². The lowest BCUT2D eigenvalue weighted by Gasteiger charge is -2.34. The first-order valence-corrected chi connectivity index (χ1v) is 11.3. The van der Waals surface area contributed by atoms with Gasteiger partial charge in [-0.1, -0.05) is 29.8 Å². The number of aromatic nitrogens is 2. The van der Waals surface area contributed by atoms with Gasteiger partial charge in [-0.15, -0.1) is 0 Å². The topological polar surface area (TPSA) is 41.1 Å². The highest BCUT2D eigenvalue weighted by atomic mass is 127. The molecular weight excluding hydrogens is 459 g/mol. The molecular formula is C23H25IN4. The number of piperidine rings is 1. The van der Waals surface area contributed by atoms with Gasteiger partial charge in [0.1, 0.15) is 11.6 Å². The Labute approximate surface area is 180 Å². The van der Waals surface area contributed by atoms with E-state index in [1.54, 1.807) is 0 Å². The number of para-hydroxylation sites is 1. The van der Waals surface area contributed by atoms with Crippen molar-refractivity contribution < 1.29 is 0 Å². The van der Waals surface area contributed by atoms with Crippen LogP contribution in [0.25, 0.3) is 10.9 Å². The Hall–Kier alpha value is -1.89. The van der Waals surface area contributed by atoms with Crippen LogP contribution in [0.5, 0.6) is 0 Å². The molecule has 0 atom stereocenters. The number of fused-ring (bicyclic) bond motifs is 1. The molecule has 1 aliphatic heterocycles. The van der Waals surface area contributed by atoms with Gasteiger partial charge in [0, 0.05) is 30.1 Å². The summed E-state index contributed by atoms with van der Waals surface area (Å²) in [5.74, 6) is 3.37. The lowest BCUT2D eigenvalue weighted by molar-refractivity contribution is 0.504. The molecule has 3 aromatic rings. The molecule has 1 saturated heterocycles. The van der Waals surface area contributed by atoms with Crippen molar-refractivity contribution in [2.24, 2.45) is 0 Å². The summed E-state index contributed by atoms with van der Waals surface area (Å²) in [5, 5.41) is 1.21. The number of nitrogens with one attached hydrogen (secondary N) is 1. The van der Waals surface area contributed by atoms with Crippen LogP contribution in [-0.4, -0.2) is 23.1 Å². The maximum Gasteiger partial charge on any atom is 0.140 e. The van der Waals surface area contributed by atoms with Gasteiger partial charge in [-0.2, -0.15) is 0 Å². The molecule has 2 heterocycles. The summed E-state index contributed by atoms with van der Waals surface area (Å²) >= 11 is 2.24. The van der Waals surface area contributed by atoms with Crippen molar-refractivity contribution in [2.75, 3.05) is 21.5 Å². The van der Waals surface area contributed by atoms with E-state index in [9.17, 15) is 0 Å². The highest BCUT2D eigenvalue weighted by Gasteiger charge is 2.30. The Bertz CT molecular complexity index is 1010. The molecule has 5 heteroatoms. The van der Waals surface area contributed by atoms with Crippen molar-refractivity contribution in [3.8, 4) is 0 Å². The van der Waals surface area contributed by atoms with Crippen molar-refractivity contribution in [3.05, 3.63) is 59.4 Å². The van der Waals surface area contributed by atoms with Crippen LogP contribution in [-0.2, 0) is 0 Å². The zero-order valence-corrected chi connectivity index (χ0v) is 18.3. The second kappa shape index (κ2) is 7.50. The van der Waals surface area contributed by atoms with Crippen LogP contribution in [0.3, 0.4) is 0 Å². The third-order valence-corrected chi connectivity index (χ3v) is 6.67. The second-order valence-electron chi connectivity index (χ2n) is 8.14. The molecule has 2 aliphatic rings. The van der Waals surface area contributed by atoms with Crippen molar-refractivity contribution in [1.29, 1.82) is 0 Å². The third kappa shape index (κ3) is 3.45. The highest BCUT2D eigenvalue weighted by molar-refractivity contribution is 14.1. The number of hydrogen-bond donors (Lipinski definition) is 1. The summed E-state index contributed by atoms with van der Waals surface area (Å²) in [5.41, 5.74) is 5.06. The smallest absolute Gasteiger partial charge is 0.140 e. The fourth-order valence-corrected chi connectivity index (χ4v) is 4.84. The molecule has 0 radical (unpaired) electrons. The minimum atomic E-state index is 0.573. The normalized spacial score (nSPS) is 17.9. The predicted octanol–water partition coefficient (Wildman–Crippen LogP) is 5.96. The molecule has 0 amide bonds. The van der Waals surface area contributed by atoms with E-state index in [2.05, 4.69) is 80.7 Å². The van der Waals surface area contributed by atoms with E-state index in [-0.39, 0.29) is 0 Å². The highest BCUT2D eigenvalue weighted by Crippen LogP contribution is 2.41. The van der Waals surface area contributed by atoms with Gasteiger partial charge >= 0.3 is 0 Å². The number of hydrogen-bond acceptors (Lipinski definition) is 4. The van der Waals surface area contributed by atoms with Crippen LogP contribution in [0.2, 0.25) is 0 Å². The molecule has 0 unspecified atom stereocenters. The number of aryl methyl sites for hydroxylation is 1. The first-order chi connectivity index (χ1) is 13.7. The fraction of sp³-hybridized carbons (Fsp3) is 0.391. The van der Waals surface area contributed by atoms with Crippen molar-refractivity contribution in [2.45, 2.75) is 44.4 Å². The quantitative estimate of drug-likeness (QED) is 0.367. The monoisotopic (exact) mass is 484 g/mol. The molecule has 144 valence electrons. The number of halogens is 1. The Kier molecular flexibility index (Phi) is 4.87. The predicted molar refractivity (Wildman–Crippen MR) is 125 cm³/mol. The Morgan fingerprint density at radius 3 is 2.50 bits per heavy atom. The lowest BCUT2D eigenvalue weighted by atomic mass is 9.88. The van der Waals surface area contributed by atoms with E-state index < -0.39 is 0 Å². The van der Waals surface area contributed by atoms with E-state index >= 15 is 0 Å². The van der Waals surface area contributed by atoms with Crippen molar-refractivity contribution in [3.63, 3.8) is 0 Å². The SMILES string of the molecule is Cc1ccc2nc(C3CC3)nc(N3CCC(c4ccccc4NI)CC3)c2c1. The minimum absolute atomic E-state index is 0.573. The summed E-state index contributed by atoms with van der Waals surface area (Å²) in [6.45, 7) is 4.24. The van der Waals surface area contributed by atoms with Crippen LogP contribution in [0, 0.1) is 6.92 Å². The molecule has 0 spiro atoms. The first-order valence-electron chi connectivity index (χ1n) is 10.2. The van der Waals surface area contributed by atoms with E-state index in [0.717, 1.165) is 43.1 Å². The lowest BCUT2D eigenvalue weighted by Crippen LogP contribution is -2.34. The molecule has 1 aromatic heterocycles. The van der Waals surface area contributed by atoms with Crippen LogP contribution < -0.4 is 8.43 Å². The van der Waals surface area contributed by atoms with Gasteiger partial charge in [0.2, 0.25) is 0 Å². The van der Waals surface area contributed by atoms with Crippen LogP contribution in [0.15, 0.2) is 42.5 Å². The average molecular weight is 484 g/mol. The summed E-state index contributed by atoms with van der Waals surface area (Å²) in [6.07, 6.45) is 4.79. The maximum atomic E-state index is 5.06. The van der Waals surface area contributed by atoms with Gasteiger partial charge in [0.25, 0.3) is 0 Å². The Balaban J connectivity index is 1.44. The van der Waals surface area contributed by atoms with E-state index in [1.807, 2.05) is 0 Å². The van der Waals surface area contributed by atoms with Crippen molar-refractivity contribution >= 4 is 45.3 Å². The van der Waals surface area contributed by atoms with Crippen LogP contribution >= 0.6 is 22.9 Å². The van der Waals surface area contributed by atoms with Gasteiger partial charge in [-0.3, -0.25) is 0 Å². The van der Waals surface area contributed by atoms with Crippen molar-refractivity contribution in [1.82, 2.24) is 9.97 Å². The van der Waals surface area contributed by atoms with Gasteiger partial charge in [0.15, 0.2) is 0 Å². The molecule has 2 aromatic carbocycles.